The molecule has 0 aromatic heterocycles. The summed E-state index contributed by atoms with van der Waals surface area (Å²) in [4.78, 5) is 2.04. The van der Waals surface area contributed by atoms with Crippen LogP contribution >= 0.6 is 0 Å². The van der Waals surface area contributed by atoms with E-state index in [1.807, 2.05) is 24.1 Å². The molecule has 0 amide bonds. The van der Waals surface area contributed by atoms with Gasteiger partial charge in [-0.15, -0.1) is 0 Å². The molecular weight excluding hydrogens is 232 g/mol. The number of hydrogen-bond acceptors (Lipinski definition) is 5. The number of nitrogens with two attached hydrogens (primary N) is 1. The summed E-state index contributed by atoms with van der Waals surface area (Å²) < 4.78 is 15.9. The second-order valence-electron chi connectivity index (χ2n) is 4.03. The molecule has 1 aromatic rings. The first kappa shape index (κ1) is 14.6. The van der Waals surface area contributed by atoms with Gasteiger partial charge in [0.2, 0.25) is 0 Å². The number of nitrogens with zero attached hydrogens (tertiary/aromatic N) is 1. The molecule has 102 valence electrons. The molecule has 0 atom stereocenters. The molecule has 1 rings (SSSR count). The number of hydrogen-bond donors (Lipinski definition) is 1. The van der Waals surface area contributed by atoms with Crippen molar-refractivity contribution < 1.29 is 14.2 Å². The summed E-state index contributed by atoms with van der Waals surface area (Å²) in [7, 11) is 6.86. The number of benzene rings is 1. The number of methoxy groups -OCH3 is 3. The first-order valence-electron chi connectivity index (χ1n) is 5.83. The SMILES string of the molecule is COc1cc(OC)c(OC)cc1CCN(C)CN. The summed E-state index contributed by atoms with van der Waals surface area (Å²) >= 11 is 0. The van der Waals surface area contributed by atoms with Crippen molar-refractivity contribution in [1.82, 2.24) is 4.90 Å². The third-order valence-corrected chi connectivity index (χ3v) is 2.86. The van der Waals surface area contributed by atoms with Crippen LogP contribution in [0.4, 0.5) is 0 Å². The van der Waals surface area contributed by atoms with E-state index in [2.05, 4.69) is 0 Å². The van der Waals surface area contributed by atoms with E-state index in [4.69, 9.17) is 19.9 Å². The molecule has 0 bridgehead atoms. The van der Waals surface area contributed by atoms with Crippen molar-refractivity contribution >= 4 is 0 Å². The van der Waals surface area contributed by atoms with Crippen molar-refractivity contribution in [3.63, 3.8) is 0 Å². The molecule has 1 aromatic carbocycles. The van der Waals surface area contributed by atoms with E-state index in [1.165, 1.54) is 0 Å². The van der Waals surface area contributed by atoms with Crippen molar-refractivity contribution in [2.75, 3.05) is 41.6 Å². The fourth-order valence-electron chi connectivity index (χ4n) is 1.69. The van der Waals surface area contributed by atoms with E-state index < -0.39 is 0 Å². The van der Waals surface area contributed by atoms with Gasteiger partial charge in [0.25, 0.3) is 0 Å². The topological polar surface area (TPSA) is 57.0 Å². The number of ether oxygens (including phenoxy) is 3. The van der Waals surface area contributed by atoms with E-state index in [9.17, 15) is 0 Å². The van der Waals surface area contributed by atoms with Crippen LogP contribution in [-0.2, 0) is 6.42 Å². The molecular formula is C13H22N2O3. The van der Waals surface area contributed by atoms with Gasteiger partial charge < -0.3 is 19.9 Å². The summed E-state index contributed by atoms with van der Waals surface area (Å²) in [5, 5.41) is 0. The normalized spacial score (nSPS) is 10.6. The van der Waals surface area contributed by atoms with Gasteiger partial charge in [0.1, 0.15) is 5.75 Å². The molecule has 0 heterocycles. The zero-order chi connectivity index (χ0) is 13.5. The van der Waals surface area contributed by atoms with Gasteiger partial charge in [-0.05, 0) is 25.1 Å². The van der Waals surface area contributed by atoms with E-state index >= 15 is 0 Å². The van der Waals surface area contributed by atoms with Crippen LogP contribution in [0.5, 0.6) is 17.2 Å². The lowest BCUT2D eigenvalue weighted by Gasteiger charge is -2.17. The largest absolute Gasteiger partial charge is 0.496 e. The van der Waals surface area contributed by atoms with Crippen LogP contribution in [-0.4, -0.2) is 46.5 Å². The van der Waals surface area contributed by atoms with Crippen LogP contribution in [0.25, 0.3) is 0 Å². The lowest BCUT2D eigenvalue weighted by atomic mass is 10.1. The monoisotopic (exact) mass is 254 g/mol. The zero-order valence-corrected chi connectivity index (χ0v) is 11.5. The molecule has 0 aliphatic heterocycles. The first-order valence-corrected chi connectivity index (χ1v) is 5.83. The van der Waals surface area contributed by atoms with Crippen molar-refractivity contribution in [3.05, 3.63) is 17.7 Å². The highest BCUT2D eigenvalue weighted by Gasteiger charge is 2.12. The Morgan fingerprint density at radius 2 is 1.56 bits per heavy atom. The Hall–Kier alpha value is -1.46. The lowest BCUT2D eigenvalue weighted by Crippen LogP contribution is -2.27. The lowest BCUT2D eigenvalue weighted by molar-refractivity contribution is 0.337. The molecule has 2 N–H and O–H groups in total. The van der Waals surface area contributed by atoms with Gasteiger partial charge in [-0.3, -0.25) is 4.90 Å². The Morgan fingerprint density at radius 3 is 2.06 bits per heavy atom. The maximum Gasteiger partial charge on any atom is 0.164 e. The average molecular weight is 254 g/mol. The van der Waals surface area contributed by atoms with Crippen LogP contribution in [0.3, 0.4) is 0 Å². The highest BCUT2D eigenvalue weighted by Crippen LogP contribution is 2.34. The van der Waals surface area contributed by atoms with E-state index in [0.29, 0.717) is 18.2 Å². The third kappa shape index (κ3) is 3.51. The minimum Gasteiger partial charge on any atom is -0.496 e. The molecule has 0 unspecified atom stereocenters. The molecule has 0 spiro atoms. The Balaban J connectivity index is 2.94. The Kier molecular flexibility index (Phi) is 5.74. The quantitative estimate of drug-likeness (QED) is 0.738. The summed E-state index contributed by atoms with van der Waals surface area (Å²) in [5.41, 5.74) is 6.64. The molecule has 0 saturated heterocycles. The van der Waals surface area contributed by atoms with Gasteiger partial charge in [-0.25, -0.2) is 0 Å². The molecule has 18 heavy (non-hydrogen) atoms. The summed E-state index contributed by atoms with van der Waals surface area (Å²) in [6, 6.07) is 3.79. The van der Waals surface area contributed by atoms with Gasteiger partial charge in [-0.2, -0.15) is 0 Å². The molecule has 0 radical (unpaired) electrons. The standard InChI is InChI=1S/C13H22N2O3/c1-15(9-14)6-5-10-7-12(17-3)13(18-4)8-11(10)16-2/h7-8H,5-6,9,14H2,1-4H3. The second kappa shape index (κ2) is 7.08. The molecule has 0 aliphatic rings. The van der Waals surface area contributed by atoms with Crippen molar-refractivity contribution in [2.45, 2.75) is 6.42 Å². The molecule has 0 fully saturated rings. The zero-order valence-electron chi connectivity index (χ0n) is 11.5. The summed E-state index contributed by atoms with van der Waals surface area (Å²) in [6.45, 7) is 1.40. The second-order valence-corrected chi connectivity index (χ2v) is 4.03. The predicted octanol–water partition coefficient (Wildman–Crippen LogP) is 1.10. The van der Waals surface area contributed by atoms with Crippen LogP contribution < -0.4 is 19.9 Å². The van der Waals surface area contributed by atoms with Gasteiger partial charge in [-0.1, -0.05) is 0 Å². The predicted molar refractivity (Wildman–Crippen MR) is 71.5 cm³/mol. The molecule has 5 nitrogen and oxygen atoms in total. The Labute approximate surface area is 108 Å². The van der Waals surface area contributed by atoms with Gasteiger partial charge in [0, 0.05) is 19.3 Å². The Bertz CT molecular complexity index is 383. The maximum absolute atomic E-state index is 5.56. The van der Waals surface area contributed by atoms with Gasteiger partial charge in [0.05, 0.1) is 21.3 Å². The van der Waals surface area contributed by atoms with E-state index in [-0.39, 0.29) is 0 Å². The van der Waals surface area contributed by atoms with Crippen LogP contribution in [0, 0.1) is 0 Å². The maximum atomic E-state index is 5.56. The van der Waals surface area contributed by atoms with Crippen molar-refractivity contribution in [1.29, 1.82) is 0 Å². The first-order chi connectivity index (χ1) is 8.65. The summed E-state index contributed by atoms with van der Waals surface area (Å²) in [6.07, 6.45) is 0.844. The highest BCUT2D eigenvalue weighted by atomic mass is 16.5. The van der Waals surface area contributed by atoms with Crippen molar-refractivity contribution in [3.8, 4) is 17.2 Å². The van der Waals surface area contributed by atoms with Crippen LogP contribution in [0.1, 0.15) is 5.56 Å². The summed E-state index contributed by atoms with van der Waals surface area (Å²) in [5.74, 6) is 2.19. The van der Waals surface area contributed by atoms with Gasteiger partial charge >= 0.3 is 0 Å². The number of rotatable bonds is 7. The number of likely N-dealkylation sites (N-methyl/N-ethyl adjacent to an activating group) is 1. The van der Waals surface area contributed by atoms with Crippen LogP contribution in [0.2, 0.25) is 0 Å². The minimum atomic E-state index is 0.537. The van der Waals surface area contributed by atoms with Gasteiger partial charge in [0.15, 0.2) is 11.5 Å². The van der Waals surface area contributed by atoms with Crippen molar-refractivity contribution in [2.24, 2.45) is 5.73 Å². The Morgan fingerprint density at radius 1 is 1.00 bits per heavy atom. The van der Waals surface area contributed by atoms with E-state index in [1.54, 1.807) is 21.3 Å². The molecule has 5 heteroatoms. The molecule has 0 saturated carbocycles. The highest BCUT2D eigenvalue weighted by molar-refractivity contribution is 5.50. The third-order valence-electron chi connectivity index (χ3n) is 2.86. The minimum absolute atomic E-state index is 0.537. The van der Waals surface area contributed by atoms with E-state index in [0.717, 1.165) is 24.3 Å². The smallest absolute Gasteiger partial charge is 0.164 e. The average Bonchev–Trinajstić information content (AvgIpc) is 2.43. The fourth-order valence-corrected chi connectivity index (χ4v) is 1.69. The fraction of sp³-hybridized carbons (Fsp3) is 0.538. The molecule has 0 aliphatic carbocycles. The van der Waals surface area contributed by atoms with Crippen LogP contribution in [0.15, 0.2) is 12.1 Å².